The molecule has 1 rings (SSSR count). The fraction of sp³-hybridized carbons (Fsp3) is 0.714. The van der Waals surface area contributed by atoms with Gasteiger partial charge in [0.2, 0.25) is 5.91 Å². The molecule has 0 aromatic rings. The van der Waals surface area contributed by atoms with Crippen molar-refractivity contribution < 1.29 is 19.4 Å². The number of aliphatic hydroxyl groups excluding tert-OH is 1. The first-order valence-corrected chi connectivity index (χ1v) is 4.01. The van der Waals surface area contributed by atoms with Crippen LogP contribution in [0.4, 0.5) is 4.79 Å². The van der Waals surface area contributed by atoms with Crippen molar-refractivity contribution in [2.75, 3.05) is 26.4 Å². The first kappa shape index (κ1) is 9.94. The summed E-state index contributed by atoms with van der Waals surface area (Å²) in [5.74, 6) is -0.689. The van der Waals surface area contributed by atoms with Crippen LogP contribution in [0.15, 0.2) is 0 Å². The second-order valence-corrected chi connectivity index (χ2v) is 2.69. The molecular weight excluding hydrogens is 176 g/mol. The second-order valence-electron chi connectivity index (χ2n) is 2.69. The number of hydrogen-bond donors (Lipinski definition) is 3. The Morgan fingerprint density at radius 2 is 2.31 bits per heavy atom. The molecular formula is C7H12N2O4. The monoisotopic (exact) mass is 188 g/mol. The fourth-order valence-electron chi connectivity index (χ4n) is 0.992. The van der Waals surface area contributed by atoms with E-state index in [9.17, 15) is 9.59 Å². The Labute approximate surface area is 75.3 Å². The predicted molar refractivity (Wildman–Crippen MR) is 42.9 cm³/mol. The average Bonchev–Trinajstić information content (AvgIpc) is 2.09. The Bertz CT molecular complexity index is 207. The highest BCUT2D eigenvalue weighted by Crippen LogP contribution is 2.00. The van der Waals surface area contributed by atoms with Gasteiger partial charge in [-0.1, -0.05) is 0 Å². The Hall–Kier alpha value is -1.14. The maximum absolute atomic E-state index is 11.1. The third kappa shape index (κ3) is 3.00. The number of rotatable bonds is 4. The van der Waals surface area contributed by atoms with Crippen LogP contribution in [0, 0.1) is 5.92 Å². The summed E-state index contributed by atoms with van der Waals surface area (Å²) in [5, 5.41) is 13.0. The molecule has 1 aliphatic rings. The lowest BCUT2D eigenvalue weighted by atomic mass is 10.1. The summed E-state index contributed by atoms with van der Waals surface area (Å²) in [6.07, 6.45) is 0. The van der Waals surface area contributed by atoms with E-state index < -0.39 is 6.03 Å². The van der Waals surface area contributed by atoms with Crippen molar-refractivity contribution in [3.8, 4) is 0 Å². The maximum Gasteiger partial charge on any atom is 0.321 e. The van der Waals surface area contributed by atoms with Crippen molar-refractivity contribution in [3.63, 3.8) is 0 Å². The van der Waals surface area contributed by atoms with Crippen LogP contribution in [0.2, 0.25) is 0 Å². The van der Waals surface area contributed by atoms with Crippen LogP contribution in [0.25, 0.3) is 0 Å². The van der Waals surface area contributed by atoms with Crippen LogP contribution < -0.4 is 10.6 Å². The molecule has 1 fully saturated rings. The van der Waals surface area contributed by atoms with E-state index >= 15 is 0 Å². The third-order valence-electron chi connectivity index (χ3n) is 1.67. The normalized spacial score (nSPS) is 22.4. The Kier molecular flexibility index (Phi) is 3.66. The van der Waals surface area contributed by atoms with Crippen molar-refractivity contribution in [2.24, 2.45) is 5.92 Å². The van der Waals surface area contributed by atoms with E-state index in [0.29, 0.717) is 0 Å². The number of aliphatic hydroxyl groups is 1. The van der Waals surface area contributed by atoms with Gasteiger partial charge in [-0.2, -0.15) is 0 Å². The van der Waals surface area contributed by atoms with E-state index in [-0.39, 0.29) is 38.2 Å². The van der Waals surface area contributed by atoms with E-state index in [1.165, 1.54) is 0 Å². The van der Waals surface area contributed by atoms with Gasteiger partial charge in [0, 0.05) is 6.54 Å². The molecule has 0 aromatic carbocycles. The minimum atomic E-state index is -0.469. The van der Waals surface area contributed by atoms with Gasteiger partial charge in [-0.25, -0.2) is 4.79 Å². The number of urea groups is 1. The molecule has 74 valence electrons. The van der Waals surface area contributed by atoms with Crippen molar-refractivity contribution in [1.29, 1.82) is 0 Å². The number of carbonyl (C=O) groups is 2. The van der Waals surface area contributed by atoms with Gasteiger partial charge in [-0.15, -0.1) is 0 Å². The average molecular weight is 188 g/mol. The van der Waals surface area contributed by atoms with Crippen LogP contribution in [-0.4, -0.2) is 43.4 Å². The molecule has 0 bridgehead atoms. The highest BCUT2D eigenvalue weighted by Gasteiger charge is 2.25. The summed E-state index contributed by atoms with van der Waals surface area (Å²) in [6, 6.07) is -0.469. The molecule has 0 aromatic heterocycles. The quantitative estimate of drug-likeness (QED) is 0.466. The smallest absolute Gasteiger partial charge is 0.321 e. The Balaban J connectivity index is 2.26. The number of nitrogens with one attached hydrogen (secondary N) is 2. The van der Waals surface area contributed by atoms with Gasteiger partial charge in [0.05, 0.1) is 25.7 Å². The number of carbonyl (C=O) groups excluding carboxylic acids is 2. The fourth-order valence-corrected chi connectivity index (χ4v) is 0.992. The Morgan fingerprint density at radius 1 is 1.54 bits per heavy atom. The molecule has 0 radical (unpaired) electrons. The van der Waals surface area contributed by atoms with Gasteiger partial charge in [0.15, 0.2) is 0 Å². The number of amides is 3. The molecule has 1 heterocycles. The van der Waals surface area contributed by atoms with E-state index in [1.807, 2.05) is 0 Å². The van der Waals surface area contributed by atoms with Crippen molar-refractivity contribution in [2.45, 2.75) is 0 Å². The lowest BCUT2D eigenvalue weighted by Crippen LogP contribution is -2.53. The highest BCUT2D eigenvalue weighted by atomic mass is 16.5. The molecule has 6 heteroatoms. The molecule has 13 heavy (non-hydrogen) atoms. The molecule has 1 saturated heterocycles. The largest absolute Gasteiger partial charge is 0.394 e. The summed E-state index contributed by atoms with van der Waals surface area (Å²) in [6.45, 7) is 0.640. The van der Waals surface area contributed by atoms with E-state index in [4.69, 9.17) is 9.84 Å². The summed E-state index contributed by atoms with van der Waals surface area (Å²) in [4.78, 5) is 21.7. The van der Waals surface area contributed by atoms with Crippen LogP contribution in [0.5, 0.6) is 0 Å². The number of hydrogen-bond acceptors (Lipinski definition) is 4. The van der Waals surface area contributed by atoms with Crippen LogP contribution >= 0.6 is 0 Å². The third-order valence-corrected chi connectivity index (χ3v) is 1.67. The lowest BCUT2D eigenvalue weighted by Gasteiger charge is -2.21. The molecule has 6 nitrogen and oxygen atoms in total. The van der Waals surface area contributed by atoms with Gasteiger partial charge in [0.25, 0.3) is 0 Å². The zero-order chi connectivity index (χ0) is 9.68. The van der Waals surface area contributed by atoms with Gasteiger partial charge in [-0.05, 0) is 0 Å². The second kappa shape index (κ2) is 4.78. The summed E-state index contributed by atoms with van der Waals surface area (Å²) in [7, 11) is 0. The van der Waals surface area contributed by atoms with Crippen LogP contribution in [0.1, 0.15) is 0 Å². The number of imide groups is 1. The minimum absolute atomic E-state index is 0.0688. The zero-order valence-electron chi connectivity index (χ0n) is 7.08. The van der Waals surface area contributed by atoms with Crippen molar-refractivity contribution in [3.05, 3.63) is 0 Å². The van der Waals surface area contributed by atoms with Gasteiger partial charge in [0.1, 0.15) is 0 Å². The van der Waals surface area contributed by atoms with Gasteiger partial charge in [-0.3, -0.25) is 10.1 Å². The first-order chi connectivity index (χ1) is 6.24. The van der Waals surface area contributed by atoms with E-state index in [1.54, 1.807) is 0 Å². The molecule has 1 aliphatic heterocycles. The first-order valence-electron chi connectivity index (χ1n) is 4.01. The van der Waals surface area contributed by atoms with Crippen molar-refractivity contribution >= 4 is 11.9 Å². The molecule has 3 amide bonds. The zero-order valence-corrected chi connectivity index (χ0v) is 7.08. The highest BCUT2D eigenvalue weighted by molar-refractivity contribution is 5.97. The molecule has 1 unspecified atom stereocenters. The SMILES string of the molecule is O=C1NCC(COCCO)C(=O)N1. The van der Waals surface area contributed by atoms with Gasteiger partial charge < -0.3 is 15.2 Å². The molecule has 3 N–H and O–H groups in total. The predicted octanol–water partition coefficient (Wildman–Crippen LogP) is -1.55. The van der Waals surface area contributed by atoms with Gasteiger partial charge >= 0.3 is 6.03 Å². The summed E-state index contributed by atoms with van der Waals surface area (Å²) in [5.41, 5.74) is 0. The van der Waals surface area contributed by atoms with E-state index in [0.717, 1.165) is 0 Å². The lowest BCUT2D eigenvalue weighted by molar-refractivity contribution is -0.126. The molecule has 0 saturated carbocycles. The molecule has 0 spiro atoms. The van der Waals surface area contributed by atoms with Crippen LogP contribution in [0.3, 0.4) is 0 Å². The summed E-state index contributed by atoms with van der Waals surface area (Å²) < 4.78 is 4.97. The topological polar surface area (TPSA) is 87.7 Å². The summed E-state index contributed by atoms with van der Waals surface area (Å²) >= 11 is 0. The van der Waals surface area contributed by atoms with Crippen LogP contribution in [-0.2, 0) is 9.53 Å². The molecule has 1 atom stereocenters. The maximum atomic E-state index is 11.1. The van der Waals surface area contributed by atoms with Crippen molar-refractivity contribution in [1.82, 2.24) is 10.6 Å². The Morgan fingerprint density at radius 3 is 2.92 bits per heavy atom. The standard InChI is InChI=1S/C7H12N2O4/c10-1-2-13-4-5-3-8-7(12)9-6(5)11/h5,10H,1-4H2,(H2,8,9,11,12). The molecule has 0 aliphatic carbocycles. The van der Waals surface area contributed by atoms with E-state index in [2.05, 4.69) is 10.6 Å². The minimum Gasteiger partial charge on any atom is -0.394 e. The number of ether oxygens (including phenoxy) is 1.